The minimum absolute atomic E-state index is 0.0158. The minimum atomic E-state index is -0.139. The van der Waals surface area contributed by atoms with Gasteiger partial charge >= 0.3 is 0 Å². The first-order valence-electron chi connectivity index (χ1n) is 9.79. The molecule has 1 unspecified atom stereocenters. The summed E-state index contributed by atoms with van der Waals surface area (Å²) in [4.78, 5) is 26.6. The first-order chi connectivity index (χ1) is 14.5. The van der Waals surface area contributed by atoms with Crippen molar-refractivity contribution in [3.8, 4) is 0 Å². The van der Waals surface area contributed by atoms with Crippen LogP contribution in [0.25, 0.3) is 0 Å². The van der Waals surface area contributed by atoms with Crippen LogP contribution >= 0.6 is 27.3 Å². The van der Waals surface area contributed by atoms with Crippen LogP contribution in [-0.4, -0.2) is 28.6 Å². The number of carbonyl (C=O) groups excluding carboxylic acids is 2. The number of hydrogen-bond donors (Lipinski definition) is 1. The van der Waals surface area contributed by atoms with Crippen molar-refractivity contribution < 1.29 is 9.59 Å². The van der Waals surface area contributed by atoms with Crippen molar-refractivity contribution in [1.29, 1.82) is 0 Å². The highest BCUT2D eigenvalue weighted by molar-refractivity contribution is 9.10. The molecule has 0 radical (unpaired) electrons. The molecule has 1 aliphatic heterocycles. The summed E-state index contributed by atoms with van der Waals surface area (Å²) in [5, 5.41) is 12.4. The molecule has 1 fully saturated rings. The second kappa shape index (κ2) is 9.06. The van der Waals surface area contributed by atoms with E-state index in [0.717, 1.165) is 27.2 Å². The van der Waals surface area contributed by atoms with E-state index in [1.165, 1.54) is 16.9 Å². The molecule has 30 heavy (non-hydrogen) atoms. The molecule has 2 aromatic carbocycles. The smallest absolute Gasteiger partial charge is 0.230 e. The third-order valence-corrected chi connectivity index (χ3v) is 6.63. The van der Waals surface area contributed by atoms with E-state index in [1.54, 1.807) is 4.90 Å². The van der Waals surface area contributed by atoms with Crippen LogP contribution in [0.15, 0.2) is 53.0 Å². The van der Waals surface area contributed by atoms with E-state index in [-0.39, 0.29) is 24.2 Å². The second-order valence-electron chi connectivity index (χ2n) is 7.22. The minimum Gasteiger partial charge on any atom is -0.312 e. The molecule has 0 bridgehead atoms. The molecule has 0 spiro atoms. The molecule has 1 N–H and O–H groups in total. The molecule has 2 amide bonds. The van der Waals surface area contributed by atoms with E-state index in [4.69, 9.17) is 0 Å². The van der Waals surface area contributed by atoms with Crippen LogP contribution < -0.4 is 10.2 Å². The van der Waals surface area contributed by atoms with Gasteiger partial charge in [-0.05, 0) is 41.8 Å². The van der Waals surface area contributed by atoms with Crippen LogP contribution in [0, 0.1) is 0 Å². The first kappa shape index (κ1) is 20.7. The Labute approximate surface area is 187 Å². The van der Waals surface area contributed by atoms with E-state index in [2.05, 4.69) is 50.5 Å². The maximum atomic E-state index is 12.5. The summed E-state index contributed by atoms with van der Waals surface area (Å²) < 4.78 is 0.974. The number of hydrogen-bond acceptors (Lipinski definition) is 5. The number of nitrogens with one attached hydrogen (secondary N) is 1. The van der Waals surface area contributed by atoms with Crippen LogP contribution in [0.2, 0.25) is 0 Å². The Morgan fingerprint density at radius 3 is 2.53 bits per heavy atom. The lowest BCUT2D eigenvalue weighted by Crippen LogP contribution is -2.24. The van der Waals surface area contributed by atoms with Crippen molar-refractivity contribution >= 4 is 49.9 Å². The molecule has 6 nitrogen and oxygen atoms in total. The van der Waals surface area contributed by atoms with Gasteiger partial charge in [-0.3, -0.25) is 9.59 Å². The lowest BCUT2D eigenvalue weighted by Gasteiger charge is -2.16. The molecule has 2 heterocycles. The zero-order valence-electron chi connectivity index (χ0n) is 16.5. The van der Waals surface area contributed by atoms with Gasteiger partial charge in [-0.1, -0.05) is 58.5 Å². The van der Waals surface area contributed by atoms with Crippen molar-refractivity contribution in [3.63, 3.8) is 0 Å². The number of nitrogens with zero attached hydrogens (tertiary/aromatic N) is 3. The summed E-state index contributed by atoms with van der Waals surface area (Å²) in [6.07, 6.45) is 1.64. The maximum Gasteiger partial charge on any atom is 0.230 e. The number of aromatic nitrogens is 2. The van der Waals surface area contributed by atoms with Gasteiger partial charge in [-0.2, -0.15) is 0 Å². The van der Waals surface area contributed by atoms with Crippen molar-refractivity contribution in [2.45, 2.75) is 32.1 Å². The summed E-state index contributed by atoms with van der Waals surface area (Å²) in [7, 11) is 0. The van der Waals surface area contributed by atoms with E-state index in [9.17, 15) is 9.59 Å². The summed E-state index contributed by atoms with van der Waals surface area (Å²) in [5.74, 6) is -0.0709. The van der Waals surface area contributed by atoms with Crippen molar-refractivity contribution in [1.82, 2.24) is 10.2 Å². The number of carbonyl (C=O) groups is 2. The molecule has 154 valence electrons. The Balaban J connectivity index is 1.38. The Morgan fingerprint density at radius 2 is 1.83 bits per heavy atom. The van der Waals surface area contributed by atoms with Gasteiger partial charge in [0.2, 0.25) is 16.9 Å². The van der Waals surface area contributed by atoms with Crippen molar-refractivity contribution in [2.24, 2.45) is 0 Å². The lowest BCUT2D eigenvalue weighted by atomic mass is 10.1. The molecule has 8 heteroatoms. The van der Waals surface area contributed by atoms with Crippen LogP contribution in [0.3, 0.4) is 0 Å². The summed E-state index contributed by atoms with van der Waals surface area (Å²) in [6.45, 7) is 2.68. The zero-order chi connectivity index (χ0) is 21.1. The third kappa shape index (κ3) is 4.76. The molecule has 1 aliphatic rings. The molecular formula is C22H21BrN4O2S. The van der Waals surface area contributed by atoms with Gasteiger partial charge in [-0.25, -0.2) is 0 Å². The normalized spacial score (nSPS) is 16.1. The Morgan fingerprint density at radius 1 is 1.13 bits per heavy atom. The standard InChI is InChI=1S/C22H21BrN4O2S/c1-2-14-5-9-18(10-6-14)27-13-16(12-20(27)29)21-25-26-22(30-21)24-19(28)11-15-3-7-17(23)8-4-15/h3-10,16H,2,11-13H2,1H3,(H,24,26,28). The van der Waals surface area contributed by atoms with Crippen LogP contribution in [0.5, 0.6) is 0 Å². The van der Waals surface area contributed by atoms with Gasteiger partial charge in [0.15, 0.2) is 0 Å². The molecule has 3 aromatic rings. The van der Waals surface area contributed by atoms with Gasteiger partial charge < -0.3 is 10.2 Å². The molecule has 1 saturated heterocycles. The molecule has 0 aliphatic carbocycles. The number of halogens is 1. The summed E-state index contributed by atoms with van der Waals surface area (Å²) >= 11 is 4.72. The van der Waals surface area contributed by atoms with Crippen LogP contribution in [0.4, 0.5) is 10.8 Å². The number of amides is 2. The number of rotatable bonds is 6. The quantitative estimate of drug-likeness (QED) is 0.556. The monoisotopic (exact) mass is 484 g/mol. The fourth-order valence-corrected chi connectivity index (χ4v) is 4.55. The van der Waals surface area contributed by atoms with Gasteiger partial charge in [0.05, 0.1) is 6.42 Å². The Kier molecular flexibility index (Phi) is 6.24. The SMILES string of the molecule is CCc1ccc(N2CC(c3nnc(NC(=O)Cc4ccc(Br)cc4)s3)CC2=O)cc1. The highest BCUT2D eigenvalue weighted by Gasteiger charge is 2.34. The summed E-state index contributed by atoms with van der Waals surface area (Å²) in [6, 6.07) is 15.7. The van der Waals surface area contributed by atoms with Gasteiger partial charge in [0.25, 0.3) is 0 Å². The van der Waals surface area contributed by atoms with Crippen molar-refractivity contribution in [3.05, 3.63) is 69.1 Å². The van der Waals surface area contributed by atoms with Gasteiger partial charge in [0.1, 0.15) is 5.01 Å². The lowest BCUT2D eigenvalue weighted by molar-refractivity contribution is -0.117. The number of benzene rings is 2. The van der Waals surface area contributed by atoms with Crippen LogP contribution in [-0.2, 0) is 22.4 Å². The number of anilines is 2. The molecular weight excluding hydrogens is 464 g/mol. The fourth-order valence-electron chi connectivity index (χ4n) is 3.44. The van der Waals surface area contributed by atoms with Gasteiger partial charge in [-0.15, -0.1) is 10.2 Å². The average molecular weight is 485 g/mol. The van der Waals surface area contributed by atoms with E-state index in [0.29, 0.717) is 18.1 Å². The number of aryl methyl sites for hydroxylation is 1. The fraction of sp³-hybridized carbons (Fsp3) is 0.273. The summed E-state index contributed by atoms with van der Waals surface area (Å²) in [5.41, 5.74) is 3.08. The highest BCUT2D eigenvalue weighted by atomic mass is 79.9. The predicted molar refractivity (Wildman–Crippen MR) is 122 cm³/mol. The molecule has 4 rings (SSSR count). The van der Waals surface area contributed by atoms with E-state index >= 15 is 0 Å². The topological polar surface area (TPSA) is 75.2 Å². The van der Waals surface area contributed by atoms with E-state index in [1.807, 2.05) is 36.4 Å². The Hall–Kier alpha value is -2.58. The van der Waals surface area contributed by atoms with Crippen molar-refractivity contribution in [2.75, 3.05) is 16.8 Å². The second-order valence-corrected chi connectivity index (χ2v) is 9.15. The van der Waals surface area contributed by atoms with E-state index < -0.39 is 0 Å². The Bertz CT molecular complexity index is 1050. The highest BCUT2D eigenvalue weighted by Crippen LogP contribution is 2.34. The largest absolute Gasteiger partial charge is 0.312 e. The molecule has 1 aromatic heterocycles. The van der Waals surface area contributed by atoms with Crippen LogP contribution in [0.1, 0.15) is 35.4 Å². The zero-order valence-corrected chi connectivity index (χ0v) is 18.9. The molecule has 0 saturated carbocycles. The maximum absolute atomic E-state index is 12.5. The predicted octanol–water partition coefficient (Wildman–Crippen LogP) is 4.56. The third-order valence-electron chi connectivity index (χ3n) is 5.10. The molecule has 1 atom stereocenters. The average Bonchev–Trinajstić information content (AvgIpc) is 3.36. The van der Waals surface area contributed by atoms with Gasteiger partial charge in [0, 0.05) is 29.0 Å². The first-order valence-corrected chi connectivity index (χ1v) is 11.4.